The van der Waals surface area contributed by atoms with Crippen LogP contribution in [-0.2, 0) is 13.1 Å². The Balaban J connectivity index is 2.09. The van der Waals surface area contributed by atoms with E-state index in [0.717, 1.165) is 11.1 Å². The Bertz CT molecular complexity index is 755. The van der Waals surface area contributed by atoms with Gasteiger partial charge in [0.05, 0.1) is 16.6 Å². The second-order valence-electron chi connectivity index (χ2n) is 5.24. The van der Waals surface area contributed by atoms with Crippen LogP contribution in [-0.4, -0.2) is 22.6 Å². The van der Waals surface area contributed by atoms with E-state index in [-0.39, 0.29) is 0 Å². The van der Waals surface area contributed by atoms with Gasteiger partial charge in [-0.15, -0.1) is 6.42 Å². The molecule has 0 aliphatic carbocycles. The largest absolute Gasteiger partial charge is 0.288 e. The van der Waals surface area contributed by atoms with Crippen molar-refractivity contribution < 1.29 is 10.0 Å². The normalized spacial score (nSPS) is 10.5. The highest BCUT2D eigenvalue weighted by Gasteiger charge is 2.09. The number of amides is 1. The lowest BCUT2D eigenvalue weighted by Gasteiger charge is -2.20. The molecular formula is C18H16Cl2N2O2. The minimum absolute atomic E-state index is 0.384. The number of hydroxylamine groups is 1. The highest BCUT2D eigenvalue weighted by atomic mass is 35.5. The summed E-state index contributed by atoms with van der Waals surface area (Å²) >= 11 is 12.0. The molecule has 0 aromatic heterocycles. The summed E-state index contributed by atoms with van der Waals surface area (Å²) in [5.41, 5.74) is 4.00. The van der Waals surface area contributed by atoms with Crippen LogP contribution in [0.3, 0.4) is 0 Å². The Morgan fingerprint density at radius 2 is 1.71 bits per heavy atom. The van der Waals surface area contributed by atoms with E-state index in [1.165, 1.54) is 0 Å². The second-order valence-corrected chi connectivity index (χ2v) is 6.05. The summed E-state index contributed by atoms with van der Waals surface area (Å²) in [6, 6.07) is 12.4. The Morgan fingerprint density at radius 1 is 1.08 bits per heavy atom. The van der Waals surface area contributed by atoms with Crippen molar-refractivity contribution in [1.82, 2.24) is 10.4 Å². The van der Waals surface area contributed by atoms with E-state index < -0.39 is 5.91 Å². The maximum absolute atomic E-state index is 11.3. The van der Waals surface area contributed by atoms with Gasteiger partial charge in [0.2, 0.25) is 0 Å². The summed E-state index contributed by atoms with van der Waals surface area (Å²) in [5, 5.41) is 9.65. The molecule has 0 heterocycles. The first-order valence-corrected chi connectivity index (χ1v) is 7.92. The molecule has 24 heavy (non-hydrogen) atoms. The first-order chi connectivity index (χ1) is 11.5. The summed E-state index contributed by atoms with van der Waals surface area (Å²) in [4.78, 5) is 13.4. The fourth-order valence-corrected chi connectivity index (χ4v) is 2.60. The average Bonchev–Trinajstić information content (AvgIpc) is 2.58. The number of halogens is 2. The van der Waals surface area contributed by atoms with E-state index >= 15 is 0 Å². The minimum atomic E-state index is -0.544. The van der Waals surface area contributed by atoms with Gasteiger partial charge in [-0.05, 0) is 35.4 Å². The molecule has 0 bridgehead atoms. The van der Waals surface area contributed by atoms with Crippen molar-refractivity contribution >= 4 is 29.1 Å². The molecule has 2 aromatic rings. The first-order valence-electron chi connectivity index (χ1n) is 7.16. The Hall–Kier alpha value is -2.03. The van der Waals surface area contributed by atoms with Crippen LogP contribution in [0.1, 0.15) is 21.5 Å². The predicted octanol–water partition coefficient (Wildman–Crippen LogP) is 3.75. The number of terminal acetylenes is 1. The van der Waals surface area contributed by atoms with Gasteiger partial charge < -0.3 is 0 Å². The summed E-state index contributed by atoms with van der Waals surface area (Å²) in [6.07, 6.45) is 5.45. The molecule has 0 aliphatic rings. The molecular weight excluding hydrogens is 347 g/mol. The van der Waals surface area contributed by atoms with E-state index in [1.54, 1.807) is 23.7 Å². The van der Waals surface area contributed by atoms with Crippen LogP contribution in [0, 0.1) is 12.3 Å². The fourth-order valence-electron chi connectivity index (χ4n) is 2.28. The van der Waals surface area contributed by atoms with Gasteiger partial charge in [0.25, 0.3) is 5.91 Å². The van der Waals surface area contributed by atoms with Crippen LogP contribution in [0.5, 0.6) is 0 Å². The maximum Gasteiger partial charge on any atom is 0.274 e. The van der Waals surface area contributed by atoms with E-state index in [4.69, 9.17) is 34.8 Å². The molecule has 0 aliphatic heterocycles. The molecule has 6 heteroatoms. The highest BCUT2D eigenvalue weighted by Crippen LogP contribution is 2.23. The number of rotatable bonds is 6. The maximum atomic E-state index is 11.3. The summed E-state index contributed by atoms with van der Waals surface area (Å²) in [6.45, 7) is 1.71. The topological polar surface area (TPSA) is 52.6 Å². The van der Waals surface area contributed by atoms with Crippen molar-refractivity contribution in [3.05, 3.63) is 69.2 Å². The van der Waals surface area contributed by atoms with Gasteiger partial charge in [-0.3, -0.25) is 14.9 Å². The van der Waals surface area contributed by atoms with Gasteiger partial charge in [0.1, 0.15) is 0 Å². The Morgan fingerprint density at radius 3 is 2.29 bits per heavy atom. The molecule has 124 valence electrons. The third kappa shape index (κ3) is 4.98. The second kappa shape index (κ2) is 8.72. The van der Waals surface area contributed by atoms with Crippen LogP contribution in [0.15, 0.2) is 42.5 Å². The Kier molecular flexibility index (Phi) is 6.65. The number of carbonyl (C=O) groups excluding carboxylic acids is 1. The van der Waals surface area contributed by atoms with Crippen LogP contribution in [0.4, 0.5) is 0 Å². The van der Waals surface area contributed by atoms with E-state index in [9.17, 15) is 4.79 Å². The molecule has 0 saturated heterocycles. The highest BCUT2D eigenvalue weighted by molar-refractivity contribution is 6.42. The lowest BCUT2D eigenvalue weighted by Crippen LogP contribution is -2.23. The smallest absolute Gasteiger partial charge is 0.274 e. The summed E-state index contributed by atoms with van der Waals surface area (Å²) in [5.74, 6) is 2.10. The molecule has 0 unspecified atom stereocenters. The van der Waals surface area contributed by atoms with Gasteiger partial charge in [-0.25, -0.2) is 5.48 Å². The minimum Gasteiger partial charge on any atom is -0.288 e. The summed E-state index contributed by atoms with van der Waals surface area (Å²) < 4.78 is 0. The SMILES string of the molecule is C#CCN(Cc1ccc(C(=O)NO)cc1)Cc1ccc(Cl)c(Cl)c1. The van der Waals surface area contributed by atoms with Crippen molar-refractivity contribution in [2.75, 3.05) is 6.54 Å². The lowest BCUT2D eigenvalue weighted by molar-refractivity contribution is 0.0706. The molecule has 4 nitrogen and oxygen atoms in total. The summed E-state index contributed by atoms with van der Waals surface area (Å²) in [7, 11) is 0. The van der Waals surface area contributed by atoms with Crippen molar-refractivity contribution in [1.29, 1.82) is 0 Å². The molecule has 2 N–H and O–H groups in total. The quantitative estimate of drug-likeness (QED) is 0.467. The number of hydrogen-bond acceptors (Lipinski definition) is 3. The van der Waals surface area contributed by atoms with Crippen molar-refractivity contribution in [2.24, 2.45) is 0 Å². The van der Waals surface area contributed by atoms with Gasteiger partial charge in [-0.1, -0.05) is 47.3 Å². The molecule has 0 atom stereocenters. The van der Waals surface area contributed by atoms with Crippen LogP contribution in [0.25, 0.3) is 0 Å². The van der Waals surface area contributed by atoms with Gasteiger partial charge >= 0.3 is 0 Å². The average molecular weight is 363 g/mol. The molecule has 2 aromatic carbocycles. The molecule has 0 spiro atoms. The first kappa shape index (κ1) is 18.3. The molecule has 1 amide bonds. The lowest BCUT2D eigenvalue weighted by atomic mass is 10.1. The van der Waals surface area contributed by atoms with Gasteiger partial charge in [0.15, 0.2) is 0 Å². The number of carbonyl (C=O) groups is 1. The van der Waals surface area contributed by atoms with Crippen LogP contribution >= 0.6 is 23.2 Å². The zero-order valence-corrected chi connectivity index (χ0v) is 14.3. The van der Waals surface area contributed by atoms with E-state index in [1.807, 2.05) is 24.3 Å². The monoisotopic (exact) mass is 362 g/mol. The van der Waals surface area contributed by atoms with Crippen LogP contribution in [0.2, 0.25) is 10.0 Å². The fraction of sp³-hybridized carbons (Fsp3) is 0.167. The standard InChI is InChI=1S/C18H16Cl2N2O2/c1-2-9-22(12-14-5-8-16(19)17(20)10-14)11-13-3-6-15(7-4-13)18(23)21-24/h1,3-8,10,24H,9,11-12H2,(H,21,23). The molecule has 0 radical (unpaired) electrons. The Labute approximate surface area is 151 Å². The van der Waals surface area contributed by atoms with Crippen molar-refractivity contribution in [3.8, 4) is 12.3 Å². The zero-order valence-electron chi connectivity index (χ0n) is 12.8. The number of nitrogens with one attached hydrogen (secondary N) is 1. The van der Waals surface area contributed by atoms with Crippen LogP contribution < -0.4 is 5.48 Å². The zero-order chi connectivity index (χ0) is 17.5. The van der Waals surface area contributed by atoms with Gasteiger partial charge in [-0.2, -0.15) is 0 Å². The van der Waals surface area contributed by atoms with Crippen molar-refractivity contribution in [3.63, 3.8) is 0 Å². The molecule has 0 saturated carbocycles. The predicted molar refractivity (Wildman–Crippen MR) is 95.1 cm³/mol. The number of hydrogen-bond donors (Lipinski definition) is 2. The molecule has 2 rings (SSSR count). The third-order valence-electron chi connectivity index (χ3n) is 3.43. The van der Waals surface area contributed by atoms with Crippen molar-refractivity contribution in [2.45, 2.75) is 13.1 Å². The van der Waals surface area contributed by atoms with E-state index in [2.05, 4.69) is 10.8 Å². The number of benzene rings is 2. The van der Waals surface area contributed by atoms with Gasteiger partial charge in [0, 0.05) is 18.7 Å². The number of nitrogens with zero attached hydrogens (tertiary/aromatic N) is 1. The third-order valence-corrected chi connectivity index (χ3v) is 4.17. The molecule has 0 fully saturated rings. The van der Waals surface area contributed by atoms with E-state index in [0.29, 0.717) is 35.2 Å².